The molecule has 1 aromatic carbocycles. The van der Waals surface area contributed by atoms with Gasteiger partial charge in [-0.2, -0.15) is 0 Å². The SMILES string of the molecule is CCCC(=O)OCCCCCNCc1cc(C)cc(C)c1. The van der Waals surface area contributed by atoms with E-state index in [1.165, 1.54) is 16.7 Å². The third-order valence-corrected chi connectivity index (χ3v) is 3.33. The van der Waals surface area contributed by atoms with Crippen molar-refractivity contribution in [2.24, 2.45) is 0 Å². The molecule has 0 heterocycles. The first-order valence-corrected chi connectivity index (χ1v) is 8.05. The number of rotatable bonds is 10. The van der Waals surface area contributed by atoms with E-state index in [0.717, 1.165) is 38.8 Å². The molecule has 0 saturated carbocycles. The molecule has 3 heteroatoms. The number of hydrogen-bond donors (Lipinski definition) is 1. The summed E-state index contributed by atoms with van der Waals surface area (Å²) in [6, 6.07) is 6.66. The van der Waals surface area contributed by atoms with Gasteiger partial charge in [0.2, 0.25) is 0 Å². The summed E-state index contributed by atoms with van der Waals surface area (Å²) in [5.41, 5.74) is 3.99. The number of nitrogens with one attached hydrogen (secondary N) is 1. The van der Waals surface area contributed by atoms with Gasteiger partial charge in [-0.3, -0.25) is 4.79 Å². The molecule has 0 aromatic heterocycles. The third-order valence-electron chi connectivity index (χ3n) is 3.33. The lowest BCUT2D eigenvalue weighted by atomic mass is 10.1. The molecule has 0 unspecified atom stereocenters. The fraction of sp³-hybridized carbons (Fsp3) is 0.611. The van der Waals surface area contributed by atoms with Crippen molar-refractivity contribution in [3.8, 4) is 0 Å². The van der Waals surface area contributed by atoms with E-state index in [2.05, 4.69) is 37.4 Å². The highest BCUT2D eigenvalue weighted by atomic mass is 16.5. The Bertz CT molecular complexity index is 409. The molecule has 118 valence electrons. The molecule has 0 aliphatic rings. The molecule has 0 spiro atoms. The second-order valence-corrected chi connectivity index (χ2v) is 5.70. The standard InChI is InChI=1S/C18H29NO2/c1-4-8-18(20)21-10-7-5-6-9-19-14-17-12-15(2)11-16(3)13-17/h11-13,19H,4-10,14H2,1-3H3. The number of hydrogen-bond acceptors (Lipinski definition) is 3. The van der Waals surface area contributed by atoms with Crippen LogP contribution in [-0.2, 0) is 16.1 Å². The molecule has 1 aromatic rings. The van der Waals surface area contributed by atoms with E-state index in [0.29, 0.717) is 13.0 Å². The molecular formula is C18H29NO2. The Morgan fingerprint density at radius 2 is 1.81 bits per heavy atom. The topological polar surface area (TPSA) is 38.3 Å². The van der Waals surface area contributed by atoms with Gasteiger partial charge in [0.1, 0.15) is 0 Å². The van der Waals surface area contributed by atoms with Crippen molar-refractivity contribution in [3.63, 3.8) is 0 Å². The summed E-state index contributed by atoms with van der Waals surface area (Å²) < 4.78 is 5.13. The molecule has 1 rings (SSSR count). The highest BCUT2D eigenvalue weighted by molar-refractivity contribution is 5.69. The van der Waals surface area contributed by atoms with Crippen LogP contribution in [0.5, 0.6) is 0 Å². The molecular weight excluding hydrogens is 262 g/mol. The van der Waals surface area contributed by atoms with Crippen LogP contribution in [0, 0.1) is 13.8 Å². The zero-order valence-electron chi connectivity index (χ0n) is 13.7. The highest BCUT2D eigenvalue weighted by Gasteiger charge is 2.00. The maximum absolute atomic E-state index is 11.2. The third kappa shape index (κ3) is 8.51. The summed E-state index contributed by atoms with van der Waals surface area (Å²) in [7, 11) is 0. The lowest BCUT2D eigenvalue weighted by Crippen LogP contribution is -2.15. The molecule has 0 atom stereocenters. The average molecular weight is 291 g/mol. The predicted octanol–water partition coefficient (Wildman–Crippen LogP) is 3.91. The Morgan fingerprint density at radius 1 is 1.10 bits per heavy atom. The Hall–Kier alpha value is -1.35. The first-order valence-electron chi connectivity index (χ1n) is 8.05. The van der Waals surface area contributed by atoms with E-state index in [1.807, 2.05) is 6.92 Å². The van der Waals surface area contributed by atoms with Crippen LogP contribution in [0.2, 0.25) is 0 Å². The van der Waals surface area contributed by atoms with Crippen molar-refractivity contribution < 1.29 is 9.53 Å². The average Bonchev–Trinajstić information content (AvgIpc) is 2.41. The minimum atomic E-state index is -0.0644. The molecule has 0 aliphatic carbocycles. The molecule has 0 bridgehead atoms. The van der Waals surface area contributed by atoms with Gasteiger partial charge in [-0.25, -0.2) is 0 Å². The van der Waals surface area contributed by atoms with E-state index in [9.17, 15) is 4.79 Å². The maximum Gasteiger partial charge on any atom is 0.305 e. The van der Waals surface area contributed by atoms with Crippen molar-refractivity contribution in [1.82, 2.24) is 5.32 Å². The number of unbranched alkanes of at least 4 members (excludes halogenated alkanes) is 2. The number of aryl methyl sites for hydroxylation is 2. The van der Waals surface area contributed by atoms with Crippen LogP contribution in [-0.4, -0.2) is 19.1 Å². The van der Waals surface area contributed by atoms with Gasteiger partial charge in [0, 0.05) is 13.0 Å². The Labute approximate surface area is 129 Å². The Morgan fingerprint density at radius 3 is 2.48 bits per heavy atom. The second kappa shape index (κ2) is 10.4. The van der Waals surface area contributed by atoms with E-state index in [1.54, 1.807) is 0 Å². The summed E-state index contributed by atoms with van der Waals surface area (Å²) >= 11 is 0. The van der Waals surface area contributed by atoms with Crippen LogP contribution < -0.4 is 5.32 Å². The minimum Gasteiger partial charge on any atom is -0.466 e. The van der Waals surface area contributed by atoms with E-state index in [-0.39, 0.29) is 5.97 Å². The summed E-state index contributed by atoms with van der Waals surface area (Å²) in [6.45, 7) is 8.76. The van der Waals surface area contributed by atoms with Gasteiger partial charge in [0.15, 0.2) is 0 Å². The number of ether oxygens (including phenoxy) is 1. The number of carbonyl (C=O) groups is 1. The van der Waals surface area contributed by atoms with Crippen LogP contribution in [0.1, 0.15) is 55.7 Å². The van der Waals surface area contributed by atoms with Gasteiger partial charge in [0.05, 0.1) is 6.61 Å². The lowest BCUT2D eigenvalue weighted by molar-refractivity contribution is -0.143. The fourth-order valence-corrected chi connectivity index (χ4v) is 2.39. The fourth-order valence-electron chi connectivity index (χ4n) is 2.39. The van der Waals surface area contributed by atoms with Crippen molar-refractivity contribution >= 4 is 5.97 Å². The minimum absolute atomic E-state index is 0.0644. The van der Waals surface area contributed by atoms with Crippen LogP contribution in [0.15, 0.2) is 18.2 Å². The molecule has 0 amide bonds. The summed E-state index contributed by atoms with van der Waals surface area (Å²) in [6.07, 6.45) is 4.58. The summed E-state index contributed by atoms with van der Waals surface area (Å²) in [5, 5.41) is 3.47. The lowest BCUT2D eigenvalue weighted by Gasteiger charge is -2.07. The van der Waals surface area contributed by atoms with Crippen LogP contribution in [0.25, 0.3) is 0 Å². The first-order chi connectivity index (χ1) is 10.1. The molecule has 0 aliphatic heterocycles. The smallest absolute Gasteiger partial charge is 0.305 e. The van der Waals surface area contributed by atoms with E-state index >= 15 is 0 Å². The molecule has 1 N–H and O–H groups in total. The van der Waals surface area contributed by atoms with Crippen LogP contribution >= 0.6 is 0 Å². The summed E-state index contributed by atoms with van der Waals surface area (Å²) in [4.78, 5) is 11.2. The van der Waals surface area contributed by atoms with E-state index < -0.39 is 0 Å². The van der Waals surface area contributed by atoms with Crippen molar-refractivity contribution in [1.29, 1.82) is 0 Å². The molecule has 0 radical (unpaired) electrons. The van der Waals surface area contributed by atoms with Crippen LogP contribution in [0.4, 0.5) is 0 Å². The monoisotopic (exact) mass is 291 g/mol. The molecule has 0 fully saturated rings. The Balaban J connectivity index is 2.01. The zero-order valence-corrected chi connectivity index (χ0v) is 13.7. The van der Waals surface area contributed by atoms with Gasteiger partial charge in [-0.15, -0.1) is 0 Å². The van der Waals surface area contributed by atoms with Gasteiger partial charge >= 0.3 is 5.97 Å². The second-order valence-electron chi connectivity index (χ2n) is 5.70. The molecule has 0 saturated heterocycles. The van der Waals surface area contributed by atoms with Gasteiger partial charge in [-0.05, 0) is 51.6 Å². The zero-order chi connectivity index (χ0) is 15.5. The number of benzene rings is 1. The van der Waals surface area contributed by atoms with Crippen LogP contribution in [0.3, 0.4) is 0 Å². The normalized spacial score (nSPS) is 10.6. The largest absolute Gasteiger partial charge is 0.466 e. The van der Waals surface area contributed by atoms with E-state index in [4.69, 9.17) is 4.74 Å². The number of carbonyl (C=O) groups excluding carboxylic acids is 1. The predicted molar refractivity (Wildman–Crippen MR) is 87.3 cm³/mol. The van der Waals surface area contributed by atoms with Crippen molar-refractivity contribution in [2.75, 3.05) is 13.2 Å². The van der Waals surface area contributed by atoms with Gasteiger partial charge in [-0.1, -0.05) is 36.2 Å². The van der Waals surface area contributed by atoms with Gasteiger partial charge < -0.3 is 10.1 Å². The highest BCUT2D eigenvalue weighted by Crippen LogP contribution is 2.08. The summed E-state index contributed by atoms with van der Waals surface area (Å²) in [5.74, 6) is -0.0644. The first kappa shape index (κ1) is 17.7. The van der Waals surface area contributed by atoms with Crippen molar-refractivity contribution in [2.45, 2.75) is 59.4 Å². The van der Waals surface area contributed by atoms with Crippen molar-refractivity contribution in [3.05, 3.63) is 34.9 Å². The maximum atomic E-state index is 11.2. The Kier molecular flexibility index (Phi) is 8.76. The molecule has 3 nitrogen and oxygen atoms in total. The quantitative estimate of drug-likeness (QED) is 0.525. The molecule has 21 heavy (non-hydrogen) atoms. The van der Waals surface area contributed by atoms with Gasteiger partial charge in [0.25, 0.3) is 0 Å². The number of esters is 1.